The Morgan fingerprint density at radius 3 is 2.48 bits per heavy atom. The van der Waals surface area contributed by atoms with Crippen LogP contribution in [0.5, 0.6) is 0 Å². The predicted octanol–water partition coefficient (Wildman–Crippen LogP) is 1.75. The van der Waals surface area contributed by atoms with Crippen LogP contribution >= 0.6 is 0 Å². The van der Waals surface area contributed by atoms with E-state index in [4.69, 9.17) is 10.3 Å². The summed E-state index contributed by atoms with van der Waals surface area (Å²) in [5, 5.41) is 9.34. The molecular weight excluding hydrogens is 318 g/mol. The Balaban J connectivity index is 1.65. The average Bonchev–Trinajstić information content (AvgIpc) is 2.43. The summed E-state index contributed by atoms with van der Waals surface area (Å²) in [5.41, 5.74) is 6.00. The molecule has 4 aliphatic rings. The Morgan fingerprint density at radius 2 is 1.83 bits per heavy atom. The van der Waals surface area contributed by atoms with Gasteiger partial charge in [0.2, 0.25) is 0 Å². The molecule has 0 aliphatic heterocycles. The topological polar surface area (TPSA) is 118 Å². The van der Waals surface area contributed by atoms with Crippen LogP contribution in [0.2, 0.25) is 0 Å². The van der Waals surface area contributed by atoms with E-state index in [1.165, 1.54) is 6.42 Å². The smallest absolute Gasteiger partial charge is 0.320 e. The molecule has 0 aromatic heterocycles. The number of unbranched alkanes of at least 4 members (excludes halogenated alkanes) is 1. The fourth-order valence-corrected chi connectivity index (χ4v) is 6.50. The van der Waals surface area contributed by atoms with E-state index in [1.807, 2.05) is 0 Å². The van der Waals surface area contributed by atoms with Crippen molar-refractivity contribution in [3.63, 3.8) is 0 Å². The van der Waals surface area contributed by atoms with Crippen molar-refractivity contribution in [1.29, 1.82) is 0 Å². The van der Waals surface area contributed by atoms with Crippen LogP contribution in [0.4, 0.5) is 0 Å². The highest BCUT2D eigenvalue weighted by molar-refractivity contribution is 7.85. The van der Waals surface area contributed by atoms with E-state index >= 15 is 0 Å². The van der Waals surface area contributed by atoms with Gasteiger partial charge in [0.1, 0.15) is 6.04 Å². The lowest BCUT2D eigenvalue weighted by Gasteiger charge is -2.59. The number of hydrogen-bond donors (Lipinski definition) is 3. The lowest BCUT2D eigenvalue weighted by molar-refractivity contribution is -0.149. The van der Waals surface area contributed by atoms with Gasteiger partial charge >= 0.3 is 5.97 Å². The van der Waals surface area contributed by atoms with Crippen molar-refractivity contribution in [2.75, 3.05) is 5.75 Å². The van der Waals surface area contributed by atoms with Gasteiger partial charge in [-0.3, -0.25) is 9.35 Å². The number of carboxylic acids is 1. The van der Waals surface area contributed by atoms with Crippen LogP contribution in [-0.4, -0.2) is 35.8 Å². The monoisotopic (exact) mass is 345 g/mol. The average molecular weight is 345 g/mol. The first-order valence-corrected chi connectivity index (χ1v) is 10.3. The number of nitrogens with two attached hydrogens (primary N) is 1. The molecule has 4 N–H and O–H groups in total. The van der Waals surface area contributed by atoms with Gasteiger partial charge < -0.3 is 10.8 Å². The fourth-order valence-electron chi connectivity index (χ4n) is 5.93. The second kappa shape index (κ2) is 6.33. The minimum atomic E-state index is -3.88. The highest BCUT2D eigenvalue weighted by atomic mass is 32.2. The SMILES string of the molecule is N[C@H](C(=O)O)C1C2CC3CC(C2)C(CCCCS(=O)(=O)O)C1C3. The molecule has 7 atom stereocenters. The third-order valence-corrected chi connectivity index (χ3v) is 7.37. The molecule has 0 spiro atoms. The van der Waals surface area contributed by atoms with Gasteiger partial charge in [0.15, 0.2) is 0 Å². The van der Waals surface area contributed by atoms with Crippen molar-refractivity contribution >= 4 is 16.1 Å². The van der Waals surface area contributed by atoms with Gasteiger partial charge in [-0.15, -0.1) is 0 Å². The molecule has 23 heavy (non-hydrogen) atoms. The van der Waals surface area contributed by atoms with Crippen molar-refractivity contribution in [1.82, 2.24) is 0 Å². The van der Waals surface area contributed by atoms with Crippen molar-refractivity contribution in [3.05, 3.63) is 0 Å². The molecule has 0 radical (unpaired) electrons. The van der Waals surface area contributed by atoms with Crippen molar-refractivity contribution < 1.29 is 22.9 Å². The van der Waals surface area contributed by atoms with E-state index in [2.05, 4.69) is 0 Å². The Labute approximate surface area is 137 Å². The summed E-state index contributed by atoms with van der Waals surface area (Å²) in [5.74, 6) is 1.69. The molecular formula is C16H27NO5S. The zero-order valence-corrected chi connectivity index (χ0v) is 14.1. The maximum Gasteiger partial charge on any atom is 0.320 e. The summed E-state index contributed by atoms with van der Waals surface area (Å²) in [7, 11) is -3.88. The maximum atomic E-state index is 11.4. The van der Waals surface area contributed by atoms with Crippen LogP contribution in [0.15, 0.2) is 0 Å². The molecule has 0 heterocycles. The molecule has 6 unspecified atom stereocenters. The molecule has 4 saturated carbocycles. The number of carboxylic acid groups (broad SMARTS) is 1. The molecule has 132 valence electrons. The van der Waals surface area contributed by atoms with Gasteiger partial charge in [0.05, 0.1) is 5.75 Å². The lowest BCUT2D eigenvalue weighted by atomic mass is 9.46. The molecule has 0 amide bonds. The first kappa shape index (κ1) is 17.2. The van der Waals surface area contributed by atoms with E-state index in [0.717, 1.165) is 38.0 Å². The molecule has 0 aromatic carbocycles. The normalized spacial score (nSPS) is 40.3. The summed E-state index contributed by atoms with van der Waals surface area (Å²) < 4.78 is 30.5. The van der Waals surface area contributed by atoms with Crippen LogP contribution in [0.3, 0.4) is 0 Å². The molecule has 4 rings (SSSR count). The molecule has 7 heteroatoms. The van der Waals surface area contributed by atoms with Crippen molar-refractivity contribution in [3.8, 4) is 0 Å². The molecule has 0 saturated heterocycles. The van der Waals surface area contributed by atoms with Crippen molar-refractivity contribution in [2.24, 2.45) is 41.2 Å². The molecule has 6 nitrogen and oxygen atoms in total. The van der Waals surface area contributed by atoms with Crippen LogP contribution in [0.25, 0.3) is 0 Å². The highest BCUT2D eigenvalue weighted by Crippen LogP contribution is 2.60. The summed E-state index contributed by atoms with van der Waals surface area (Å²) >= 11 is 0. The Hall–Kier alpha value is -0.660. The first-order valence-electron chi connectivity index (χ1n) is 8.70. The van der Waals surface area contributed by atoms with Crippen LogP contribution in [0.1, 0.15) is 44.9 Å². The van der Waals surface area contributed by atoms with Gasteiger partial charge in [-0.25, -0.2) is 0 Å². The van der Waals surface area contributed by atoms with E-state index in [1.54, 1.807) is 0 Å². The van der Waals surface area contributed by atoms with Crippen LogP contribution in [0, 0.1) is 35.5 Å². The van der Waals surface area contributed by atoms with Gasteiger partial charge in [-0.05, 0) is 74.0 Å². The predicted molar refractivity (Wildman–Crippen MR) is 85.3 cm³/mol. The van der Waals surface area contributed by atoms with E-state index < -0.39 is 22.1 Å². The second-order valence-electron chi connectivity index (χ2n) is 7.88. The van der Waals surface area contributed by atoms with E-state index in [0.29, 0.717) is 30.1 Å². The minimum absolute atomic E-state index is 0.0758. The zero-order valence-electron chi connectivity index (χ0n) is 13.3. The molecule has 0 aromatic rings. The van der Waals surface area contributed by atoms with Gasteiger partial charge in [-0.2, -0.15) is 8.42 Å². The summed E-state index contributed by atoms with van der Waals surface area (Å²) in [6.45, 7) is 0. The van der Waals surface area contributed by atoms with Crippen LogP contribution in [-0.2, 0) is 14.9 Å². The maximum absolute atomic E-state index is 11.4. The molecule has 4 bridgehead atoms. The fraction of sp³-hybridized carbons (Fsp3) is 0.938. The van der Waals surface area contributed by atoms with E-state index in [-0.39, 0.29) is 11.7 Å². The lowest BCUT2D eigenvalue weighted by Crippen LogP contribution is -2.57. The number of rotatable bonds is 7. The second-order valence-corrected chi connectivity index (χ2v) is 9.45. The standard InChI is InChI=1S/C16H27NO5S/c17-15(16(18)19)14-11-6-9-5-10(8-11)12(13(14)7-9)3-1-2-4-23(20,21)22/h9-15H,1-8,17H2,(H,18,19)(H,20,21,22)/t9?,10?,11?,12?,13?,14?,15-/m0/s1. The third-order valence-electron chi connectivity index (χ3n) is 6.57. The third kappa shape index (κ3) is 3.56. The van der Waals surface area contributed by atoms with E-state index in [9.17, 15) is 18.3 Å². The zero-order chi connectivity index (χ0) is 16.8. The largest absolute Gasteiger partial charge is 0.480 e. The van der Waals surface area contributed by atoms with Gasteiger partial charge in [0, 0.05) is 0 Å². The van der Waals surface area contributed by atoms with Crippen LogP contribution < -0.4 is 5.73 Å². The molecule has 4 fully saturated rings. The Morgan fingerprint density at radius 1 is 1.13 bits per heavy atom. The van der Waals surface area contributed by atoms with Crippen molar-refractivity contribution in [2.45, 2.75) is 51.0 Å². The van der Waals surface area contributed by atoms with Gasteiger partial charge in [0.25, 0.3) is 10.1 Å². The Kier molecular flexibility index (Phi) is 4.73. The summed E-state index contributed by atoms with van der Waals surface area (Å²) in [6, 6.07) is -0.773. The quantitative estimate of drug-likeness (QED) is 0.478. The number of aliphatic carboxylic acids is 1. The summed E-state index contributed by atoms with van der Waals surface area (Å²) in [4.78, 5) is 11.4. The first-order chi connectivity index (χ1) is 10.8. The van der Waals surface area contributed by atoms with Gasteiger partial charge in [-0.1, -0.05) is 6.42 Å². The summed E-state index contributed by atoms with van der Waals surface area (Å²) in [6.07, 6.45) is 6.70. The Bertz CT molecular complexity index is 563. The minimum Gasteiger partial charge on any atom is -0.480 e. The highest BCUT2D eigenvalue weighted by Gasteiger charge is 2.55. The number of hydrogen-bond acceptors (Lipinski definition) is 4. The number of carbonyl (C=O) groups is 1. The molecule has 4 aliphatic carbocycles.